The predicted octanol–water partition coefficient (Wildman–Crippen LogP) is 2.45. The van der Waals surface area contributed by atoms with Gasteiger partial charge in [0, 0.05) is 24.8 Å². The van der Waals surface area contributed by atoms with Gasteiger partial charge in [-0.2, -0.15) is 0 Å². The number of methoxy groups -OCH3 is 1. The Labute approximate surface area is 162 Å². The quantitative estimate of drug-likeness (QED) is 0.497. The molecule has 27 heavy (non-hydrogen) atoms. The van der Waals surface area contributed by atoms with E-state index >= 15 is 0 Å². The zero-order chi connectivity index (χ0) is 20.5. The first kappa shape index (κ1) is 22.5. The maximum Gasteiger partial charge on any atom is 0.408 e. The molecule has 0 saturated heterocycles. The highest BCUT2D eigenvalue weighted by Crippen LogP contribution is 2.14. The van der Waals surface area contributed by atoms with Crippen molar-refractivity contribution >= 4 is 12.1 Å². The predicted molar refractivity (Wildman–Crippen MR) is 107 cm³/mol. The summed E-state index contributed by atoms with van der Waals surface area (Å²) in [6.45, 7) is 12.9. The van der Waals surface area contributed by atoms with Crippen molar-refractivity contribution in [2.45, 2.75) is 59.2 Å². The molecule has 152 valence electrons. The maximum atomic E-state index is 12.0. The molecular formula is C19H33N5O3. The Bertz CT molecular complexity index is 638. The minimum atomic E-state index is -0.535. The van der Waals surface area contributed by atoms with Gasteiger partial charge in [0.15, 0.2) is 5.96 Å². The largest absolute Gasteiger partial charge is 0.481 e. The third-order valence-corrected chi connectivity index (χ3v) is 3.33. The molecule has 0 spiro atoms. The lowest BCUT2D eigenvalue weighted by atomic mass is 10.1. The minimum absolute atomic E-state index is 0.423. The number of ether oxygens (including phenoxy) is 2. The molecule has 0 aliphatic carbocycles. The van der Waals surface area contributed by atoms with E-state index in [4.69, 9.17) is 9.47 Å². The van der Waals surface area contributed by atoms with Crippen LogP contribution in [0.5, 0.6) is 5.88 Å². The summed E-state index contributed by atoms with van der Waals surface area (Å²) in [5.41, 5.74) is -0.166. The minimum Gasteiger partial charge on any atom is -0.481 e. The fourth-order valence-electron chi connectivity index (χ4n) is 2.16. The van der Waals surface area contributed by atoms with E-state index in [1.54, 1.807) is 13.3 Å². The lowest BCUT2D eigenvalue weighted by molar-refractivity contribution is 0.0474. The summed E-state index contributed by atoms with van der Waals surface area (Å²) in [5.74, 6) is 1.20. The number of nitrogens with zero attached hydrogens (tertiary/aromatic N) is 2. The van der Waals surface area contributed by atoms with Gasteiger partial charge in [-0.15, -0.1) is 0 Å². The van der Waals surface area contributed by atoms with Gasteiger partial charge in [-0.25, -0.2) is 14.8 Å². The molecule has 1 rings (SSSR count). The van der Waals surface area contributed by atoms with Crippen LogP contribution in [-0.4, -0.2) is 48.4 Å². The Balaban J connectivity index is 2.69. The van der Waals surface area contributed by atoms with E-state index < -0.39 is 17.2 Å². The SMILES string of the molecule is CCNC(=NCc1cccnc1OC)NCC(C)(C)NC(=O)OC(C)(C)C. The summed E-state index contributed by atoms with van der Waals surface area (Å²) in [6, 6.07) is 3.77. The molecule has 0 bridgehead atoms. The molecule has 0 aromatic carbocycles. The van der Waals surface area contributed by atoms with Crippen molar-refractivity contribution in [3.8, 4) is 5.88 Å². The number of alkyl carbamates (subject to hydrolysis) is 1. The summed E-state index contributed by atoms with van der Waals surface area (Å²) >= 11 is 0. The number of aromatic nitrogens is 1. The van der Waals surface area contributed by atoms with Crippen LogP contribution in [-0.2, 0) is 11.3 Å². The lowest BCUT2D eigenvalue weighted by Crippen LogP contribution is -2.54. The van der Waals surface area contributed by atoms with Gasteiger partial charge >= 0.3 is 6.09 Å². The van der Waals surface area contributed by atoms with Crippen molar-refractivity contribution in [2.24, 2.45) is 4.99 Å². The number of guanidine groups is 1. The molecule has 0 unspecified atom stereocenters. The molecule has 1 aromatic rings. The second-order valence-corrected chi connectivity index (χ2v) is 7.73. The van der Waals surface area contributed by atoms with Gasteiger partial charge in [0.25, 0.3) is 0 Å². The molecule has 0 saturated carbocycles. The zero-order valence-corrected chi connectivity index (χ0v) is 17.5. The van der Waals surface area contributed by atoms with Crippen LogP contribution in [0.4, 0.5) is 4.79 Å². The fourth-order valence-corrected chi connectivity index (χ4v) is 2.16. The van der Waals surface area contributed by atoms with Gasteiger partial charge in [-0.1, -0.05) is 6.07 Å². The van der Waals surface area contributed by atoms with Crippen molar-refractivity contribution in [1.29, 1.82) is 0 Å². The molecule has 1 heterocycles. The Morgan fingerprint density at radius 3 is 2.52 bits per heavy atom. The lowest BCUT2D eigenvalue weighted by Gasteiger charge is -2.29. The normalized spacial score (nSPS) is 12.3. The number of amides is 1. The molecule has 3 N–H and O–H groups in total. The molecule has 0 radical (unpaired) electrons. The summed E-state index contributed by atoms with van der Waals surface area (Å²) in [6.07, 6.45) is 1.23. The topological polar surface area (TPSA) is 96.9 Å². The van der Waals surface area contributed by atoms with Gasteiger partial charge in [0.2, 0.25) is 5.88 Å². The Morgan fingerprint density at radius 2 is 1.93 bits per heavy atom. The van der Waals surface area contributed by atoms with Crippen LogP contribution in [0.3, 0.4) is 0 Å². The monoisotopic (exact) mass is 379 g/mol. The van der Waals surface area contributed by atoms with Gasteiger partial charge in [-0.05, 0) is 47.6 Å². The van der Waals surface area contributed by atoms with E-state index in [0.29, 0.717) is 24.9 Å². The second kappa shape index (κ2) is 9.99. The second-order valence-electron chi connectivity index (χ2n) is 7.73. The Kier molecular flexibility index (Phi) is 8.33. The molecule has 1 aromatic heterocycles. The third kappa shape index (κ3) is 9.12. The van der Waals surface area contributed by atoms with Gasteiger partial charge in [0.1, 0.15) is 5.60 Å². The van der Waals surface area contributed by atoms with Gasteiger partial charge < -0.3 is 25.4 Å². The van der Waals surface area contributed by atoms with Crippen LogP contribution >= 0.6 is 0 Å². The number of carbonyl (C=O) groups is 1. The first-order valence-electron chi connectivity index (χ1n) is 9.07. The van der Waals surface area contributed by atoms with Gasteiger partial charge in [0.05, 0.1) is 19.2 Å². The highest BCUT2D eigenvalue weighted by molar-refractivity contribution is 5.80. The molecule has 0 atom stereocenters. The highest BCUT2D eigenvalue weighted by atomic mass is 16.6. The molecular weight excluding hydrogens is 346 g/mol. The standard InChI is InChI=1S/C19H33N5O3/c1-8-20-16(22-12-14-10-9-11-21-15(14)26-7)23-13-19(5,6)24-17(25)27-18(2,3)4/h9-11H,8,12-13H2,1-7H3,(H,24,25)(H2,20,22,23). The average molecular weight is 380 g/mol. The first-order chi connectivity index (χ1) is 12.6. The van der Waals surface area contributed by atoms with Crippen LogP contribution in [0.25, 0.3) is 0 Å². The van der Waals surface area contributed by atoms with E-state index in [0.717, 1.165) is 12.1 Å². The Hall–Kier alpha value is -2.51. The van der Waals surface area contributed by atoms with Crippen LogP contribution in [0.2, 0.25) is 0 Å². The summed E-state index contributed by atoms with van der Waals surface area (Å²) in [4.78, 5) is 20.7. The van der Waals surface area contributed by atoms with E-state index in [-0.39, 0.29) is 0 Å². The number of hydrogen-bond donors (Lipinski definition) is 3. The van der Waals surface area contributed by atoms with Crippen LogP contribution in [0.15, 0.2) is 23.3 Å². The number of nitrogens with one attached hydrogen (secondary N) is 3. The van der Waals surface area contributed by atoms with E-state index in [1.165, 1.54) is 0 Å². The van der Waals surface area contributed by atoms with Crippen molar-refractivity contribution in [3.05, 3.63) is 23.9 Å². The van der Waals surface area contributed by atoms with Crippen molar-refractivity contribution in [3.63, 3.8) is 0 Å². The molecule has 8 nitrogen and oxygen atoms in total. The van der Waals surface area contributed by atoms with Gasteiger partial charge in [-0.3, -0.25) is 0 Å². The summed E-state index contributed by atoms with van der Waals surface area (Å²) < 4.78 is 10.6. The first-order valence-corrected chi connectivity index (χ1v) is 9.07. The van der Waals surface area contributed by atoms with Crippen LogP contribution in [0.1, 0.15) is 47.1 Å². The maximum absolute atomic E-state index is 12.0. The Morgan fingerprint density at radius 1 is 1.22 bits per heavy atom. The molecule has 0 aliphatic rings. The average Bonchev–Trinajstić information content (AvgIpc) is 2.55. The third-order valence-electron chi connectivity index (χ3n) is 3.33. The number of rotatable bonds is 7. The number of hydrogen-bond acceptors (Lipinski definition) is 5. The number of carbonyl (C=O) groups excluding carboxylic acids is 1. The van der Waals surface area contributed by atoms with Crippen molar-refractivity contribution < 1.29 is 14.3 Å². The summed E-state index contributed by atoms with van der Waals surface area (Å²) in [5, 5.41) is 9.30. The molecule has 0 aliphatic heterocycles. The van der Waals surface area contributed by atoms with Crippen LogP contribution < -0.4 is 20.7 Å². The van der Waals surface area contributed by atoms with Crippen molar-refractivity contribution in [1.82, 2.24) is 20.9 Å². The zero-order valence-electron chi connectivity index (χ0n) is 17.5. The van der Waals surface area contributed by atoms with E-state index in [2.05, 4.69) is 25.9 Å². The number of pyridine rings is 1. The molecule has 0 fully saturated rings. The smallest absolute Gasteiger partial charge is 0.408 e. The van der Waals surface area contributed by atoms with Crippen molar-refractivity contribution in [2.75, 3.05) is 20.2 Å². The fraction of sp³-hybridized carbons (Fsp3) is 0.632. The summed E-state index contributed by atoms with van der Waals surface area (Å²) in [7, 11) is 1.59. The molecule has 8 heteroatoms. The number of aliphatic imine (C=N–C) groups is 1. The van der Waals surface area contributed by atoms with Crippen LogP contribution in [0, 0.1) is 0 Å². The molecule has 1 amide bonds. The van der Waals surface area contributed by atoms with E-state index in [1.807, 2.05) is 53.7 Å². The highest BCUT2D eigenvalue weighted by Gasteiger charge is 2.24. The van der Waals surface area contributed by atoms with E-state index in [9.17, 15) is 4.79 Å².